The van der Waals surface area contributed by atoms with Crippen LogP contribution in [0, 0.1) is 46.3 Å². The van der Waals surface area contributed by atoms with Crippen LogP contribution in [0.25, 0.3) is 0 Å². The van der Waals surface area contributed by atoms with E-state index in [2.05, 4.69) is 76.2 Å². The van der Waals surface area contributed by atoms with Crippen molar-refractivity contribution in [3.63, 3.8) is 0 Å². The summed E-state index contributed by atoms with van der Waals surface area (Å²) < 4.78 is 25.3. The van der Waals surface area contributed by atoms with Crippen LogP contribution in [0.15, 0.2) is 0 Å². The molecule has 282 valence electrons. The average Bonchev–Trinajstić information content (AvgIpc) is 2.87. The molecule has 0 unspecified atom stereocenters. The Morgan fingerprint density at radius 1 is 0.532 bits per heavy atom. The first-order valence-electron chi connectivity index (χ1n) is 18.8. The van der Waals surface area contributed by atoms with E-state index in [1.807, 2.05) is 0 Å². The van der Waals surface area contributed by atoms with E-state index < -0.39 is 11.2 Å². The van der Waals surface area contributed by atoms with E-state index in [1.54, 1.807) is 0 Å². The van der Waals surface area contributed by atoms with E-state index in [0.29, 0.717) is 36.4 Å². The molecule has 0 amide bonds. The van der Waals surface area contributed by atoms with E-state index in [1.165, 1.54) is 12.8 Å². The summed E-state index contributed by atoms with van der Waals surface area (Å²) >= 11 is 0. The number of hydrogen-bond acceptors (Lipinski definition) is 8. The summed E-state index contributed by atoms with van der Waals surface area (Å²) in [5.41, 5.74) is -0.261. The van der Waals surface area contributed by atoms with Crippen LogP contribution in [0.2, 0.25) is 0 Å². The Morgan fingerprint density at radius 2 is 0.979 bits per heavy atom. The normalized spacial score (nSPS) is 23.3. The van der Waals surface area contributed by atoms with Crippen LogP contribution in [0.1, 0.15) is 121 Å². The molecule has 5 heterocycles. The lowest BCUT2D eigenvalue weighted by atomic mass is 9.79. The van der Waals surface area contributed by atoms with Gasteiger partial charge in [-0.2, -0.15) is 0 Å². The molecule has 8 nitrogen and oxygen atoms in total. The molecule has 0 spiro atoms. The molecule has 0 aromatic rings. The minimum Gasteiger partial charge on any atom is -0.396 e. The van der Waals surface area contributed by atoms with Gasteiger partial charge in [-0.3, -0.25) is 0 Å². The molecule has 8 heteroatoms. The highest BCUT2D eigenvalue weighted by atomic mass is 16.5. The van der Waals surface area contributed by atoms with Gasteiger partial charge in [0.05, 0.1) is 65.1 Å². The van der Waals surface area contributed by atoms with Crippen LogP contribution >= 0.6 is 0 Å². The minimum atomic E-state index is -0.478. The van der Waals surface area contributed by atoms with Crippen molar-refractivity contribution in [2.75, 3.05) is 72.7 Å². The van der Waals surface area contributed by atoms with Crippen molar-refractivity contribution in [3.8, 4) is 0 Å². The van der Waals surface area contributed by atoms with Crippen molar-refractivity contribution in [1.29, 1.82) is 0 Å². The molecule has 0 radical (unpaired) electrons. The van der Waals surface area contributed by atoms with Crippen molar-refractivity contribution in [2.45, 2.75) is 132 Å². The van der Waals surface area contributed by atoms with Crippen LogP contribution in [-0.4, -0.2) is 99.2 Å². The predicted octanol–water partition coefficient (Wildman–Crippen LogP) is 7.16. The Balaban J connectivity index is 0.000000295. The smallest absolute Gasteiger partial charge is 0.111 e. The molecular weight excluding hydrogens is 596 g/mol. The van der Waals surface area contributed by atoms with Crippen molar-refractivity contribution in [3.05, 3.63) is 0 Å². The summed E-state index contributed by atoms with van der Waals surface area (Å²) in [4.78, 5) is 0. The molecule has 0 aliphatic carbocycles. The Labute approximate surface area is 290 Å². The second-order valence-corrected chi connectivity index (χ2v) is 17.9. The van der Waals surface area contributed by atoms with E-state index in [0.717, 1.165) is 103 Å². The van der Waals surface area contributed by atoms with Gasteiger partial charge in [0.15, 0.2) is 0 Å². The van der Waals surface area contributed by atoms with Gasteiger partial charge in [0.2, 0.25) is 0 Å². The molecule has 5 aliphatic heterocycles. The fourth-order valence-electron chi connectivity index (χ4n) is 7.10. The zero-order chi connectivity index (χ0) is 35.7. The van der Waals surface area contributed by atoms with Crippen LogP contribution in [0.5, 0.6) is 0 Å². The molecule has 0 atom stereocenters. The Kier molecular flexibility index (Phi) is 20.7. The maximum atomic E-state index is 9.96. The lowest BCUT2D eigenvalue weighted by Crippen LogP contribution is -2.50. The summed E-state index contributed by atoms with van der Waals surface area (Å²) in [7, 11) is 0. The Morgan fingerprint density at radius 3 is 1.17 bits per heavy atom. The second-order valence-electron chi connectivity index (χ2n) is 17.9. The van der Waals surface area contributed by atoms with E-state index in [4.69, 9.17) is 28.8 Å². The molecular formula is C39H78O8. The lowest BCUT2D eigenvalue weighted by molar-refractivity contribution is -0.185. The first-order valence-corrected chi connectivity index (χ1v) is 18.8. The summed E-state index contributed by atoms with van der Waals surface area (Å²) in [5, 5.41) is 28.4. The first kappa shape index (κ1) is 44.7. The maximum Gasteiger partial charge on any atom is 0.111 e. The number of ether oxygens (including phenoxy) is 5. The van der Waals surface area contributed by atoms with Crippen molar-refractivity contribution in [2.24, 2.45) is 46.3 Å². The van der Waals surface area contributed by atoms with Gasteiger partial charge >= 0.3 is 0 Å². The minimum absolute atomic E-state index is 0.119. The summed E-state index contributed by atoms with van der Waals surface area (Å²) in [5.74, 6) is 4.37. The van der Waals surface area contributed by atoms with Gasteiger partial charge < -0.3 is 39.0 Å². The molecule has 3 N–H and O–H groups in total. The van der Waals surface area contributed by atoms with Crippen LogP contribution < -0.4 is 0 Å². The predicted molar refractivity (Wildman–Crippen MR) is 192 cm³/mol. The number of hydrogen-bond donors (Lipinski definition) is 3. The molecule has 47 heavy (non-hydrogen) atoms. The van der Waals surface area contributed by atoms with Gasteiger partial charge in [0.1, 0.15) is 5.60 Å². The van der Waals surface area contributed by atoms with Crippen molar-refractivity contribution in [1.82, 2.24) is 0 Å². The quantitative estimate of drug-likeness (QED) is 0.212. The molecule has 0 aromatic carbocycles. The standard InChI is InChI=1S/C9H18O2.C8H16O2.C8H16O.C7H14O2.C7H14O/c1-8(2)7-9(10)3-5-11-6-4-9;1-7(2)3-8(4-9)5-10-6-8;1-7(2)4-8(3)5-9-6-8;1-6(2)3-7(8)4-9-5-7;1-6(2)3-7-4-8-5-7/h8,10H,3-7H2,1-2H3;7,9H,3-6H2,1-2H3;7H,4-6H2,1-3H3;6,8H,3-5H2,1-2H3;6-7H,3-5H2,1-2H3. The lowest BCUT2D eigenvalue weighted by Gasteiger charge is -2.41. The highest BCUT2D eigenvalue weighted by Crippen LogP contribution is 2.34. The Hall–Kier alpha value is -0.320. The van der Waals surface area contributed by atoms with Crippen molar-refractivity contribution >= 4 is 0 Å². The molecule has 0 bridgehead atoms. The fraction of sp³-hybridized carbons (Fsp3) is 1.00. The van der Waals surface area contributed by atoms with Crippen LogP contribution in [-0.2, 0) is 23.7 Å². The van der Waals surface area contributed by atoms with E-state index >= 15 is 0 Å². The topological polar surface area (TPSA) is 107 Å². The highest BCUT2D eigenvalue weighted by Gasteiger charge is 2.38. The summed E-state index contributed by atoms with van der Waals surface area (Å²) in [6, 6.07) is 0. The monoisotopic (exact) mass is 675 g/mol. The average molecular weight is 675 g/mol. The van der Waals surface area contributed by atoms with Crippen LogP contribution in [0.3, 0.4) is 0 Å². The first-order chi connectivity index (χ1) is 21.8. The van der Waals surface area contributed by atoms with Gasteiger partial charge in [-0.15, -0.1) is 0 Å². The fourth-order valence-corrected chi connectivity index (χ4v) is 7.10. The molecule has 5 rings (SSSR count). The van der Waals surface area contributed by atoms with Crippen molar-refractivity contribution < 1.29 is 39.0 Å². The van der Waals surface area contributed by atoms with Gasteiger partial charge in [-0.05, 0) is 74.5 Å². The van der Waals surface area contributed by atoms with Gasteiger partial charge in [0, 0.05) is 30.0 Å². The van der Waals surface area contributed by atoms with Gasteiger partial charge in [0.25, 0.3) is 0 Å². The highest BCUT2D eigenvalue weighted by molar-refractivity contribution is 4.86. The third-order valence-corrected chi connectivity index (χ3v) is 9.05. The number of rotatable bonds is 11. The zero-order valence-corrected chi connectivity index (χ0v) is 32.6. The van der Waals surface area contributed by atoms with Crippen LogP contribution in [0.4, 0.5) is 0 Å². The number of aliphatic hydroxyl groups is 3. The molecule has 0 saturated carbocycles. The molecule has 5 aliphatic rings. The van der Waals surface area contributed by atoms with E-state index in [-0.39, 0.29) is 12.0 Å². The third-order valence-electron chi connectivity index (χ3n) is 9.05. The third kappa shape index (κ3) is 19.6. The number of aliphatic hydroxyl groups excluding tert-OH is 1. The summed E-state index contributed by atoms with van der Waals surface area (Å²) in [6.07, 6.45) is 7.15. The van der Waals surface area contributed by atoms with Gasteiger partial charge in [-0.25, -0.2) is 0 Å². The molecule has 5 saturated heterocycles. The zero-order valence-electron chi connectivity index (χ0n) is 32.6. The molecule has 0 aromatic heterocycles. The SMILES string of the molecule is CC(C)CC1(C)COC1.CC(C)CC1(CO)COC1.CC(C)CC1(O)CCOCC1.CC(C)CC1(O)COC1.CC(C)CC1COC1. The largest absolute Gasteiger partial charge is 0.396 e. The van der Waals surface area contributed by atoms with Gasteiger partial charge in [-0.1, -0.05) is 76.2 Å². The maximum absolute atomic E-state index is 9.96. The Bertz CT molecular complexity index is 742. The second kappa shape index (κ2) is 21.8. The summed E-state index contributed by atoms with van der Waals surface area (Å²) in [6.45, 7) is 32.5. The molecule has 5 fully saturated rings. The van der Waals surface area contributed by atoms with E-state index in [9.17, 15) is 10.2 Å².